The Labute approximate surface area is 276 Å². The fourth-order valence-electron chi connectivity index (χ4n) is 7.47. The van der Waals surface area contributed by atoms with E-state index in [0.29, 0.717) is 28.5 Å². The van der Waals surface area contributed by atoms with Crippen LogP contribution in [0.2, 0.25) is 0 Å². The van der Waals surface area contributed by atoms with Gasteiger partial charge in [0.25, 0.3) is 0 Å². The molecule has 2 aliphatic carbocycles. The van der Waals surface area contributed by atoms with Gasteiger partial charge in [-0.1, -0.05) is 6.07 Å². The predicted octanol–water partition coefficient (Wildman–Crippen LogP) is 5.08. The second-order valence-electron chi connectivity index (χ2n) is 13.7. The topological polar surface area (TPSA) is 114 Å². The number of halogens is 1. The molecule has 7 rings (SSSR count). The summed E-state index contributed by atoms with van der Waals surface area (Å²) in [4.78, 5) is 58.6. The minimum Gasteiger partial charge on any atom is -0.327 e. The molecule has 3 atom stereocenters. The molecule has 46 heavy (non-hydrogen) atoms. The molecule has 3 aromatic heterocycles. The van der Waals surface area contributed by atoms with Gasteiger partial charge in [-0.2, -0.15) is 5.10 Å². The van der Waals surface area contributed by atoms with Crippen LogP contribution >= 0.6 is 15.9 Å². The van der Waals surface area contributed by atoms with Crippen LogP contribution in [0.5, 0.6) is 0 Å². The molecule has 3 aliphatic rings. The number of benzene rings is 1. The quantitative estimate of drug-likeness (QED) is 0.168. The minimum absolute atomic E-state index is 0.00179. The monoisotopic (exact) mass is 683 g/mol. The van der Waals surface area contributed by atoms with E-state index in [2.05, 4.69) is 41.8 Å². The Kier molecular flexibility index (Phi) is 7.67. The van der Waals surface area contributed by atoms with Gasteiger partial charge in [-0.3, -0.25) is 19.1 Å². The summed E-state index contributed by atoms with van der Waals surface area (Å²) in [5.74, 6) is 0.726. The molecular formula is C35H38BrN7O3. The average molecular weight is 685 g/mol. The molecule has 11 heteroatoms. The Balaban J connectivity index is 1.25. The molecule has 1 saturated heterocycles. The highest BCUT2D eigenvalue weighted by Gasteiger charge is 2.66. The van der Waals surface area contributed by atoms with Crippen LogP contribution in [-0.2, 0) is 22.6 Å². The third-order valence-electron chi connectivity index (χ3n) is 9.84. The molecule has 0 bridgehead atoms. The predicted molar refractivity (Wildman–Crippen MR) is 178 cm³/mol. The maximum absolute atomic E-state index is 14.4. The number of hydrogen-bond acceptors (Lipinski definition) is 8. The fraction of sp³-hybridized carbons (Fsp3) is 0.457. The molecule has 10 nitrogen and oxygen atoms in total. The van der Waals surface area contributed by atoms with Crippen LogP contribution < -0.4 is 0 Å². The van der Waals surface area contributed by atoms with E-state index in [-0.39, 0.29) is 41.9 Å². The van der Waals surface area contributed by atoms with E-state index in [4.69, 9.17) is 5.10 Å². The summed E-state index contributed by atoms with van der Waals surface area (Å²) < 4.78 is 2.40. The molecule has 1 aliphatic heterocycles. The molecular weight excluding hydrogens is 646 g/mol. The standard InChI is InChI=1S/C35H38BrN7O3/c1-19-6-9-31(36)39-27(19)12-29(45)28-13-35(18-41(4)5)14-30(35)43(28)32(46)17-42-34-25(22-7-8-22)10-23(24-15-37-21(3)38-16-24)11-26(34)33(40-42)20(2)44/h6,9-11,15-16,22,28,30H,7-8,12-14,17-18H2,1-5H3/t28-,30+,35-/m0/s1. The molecule has 0 spiro atoms. The Morgan fingerprint density at radius 3 is 2.46 bits per heavy atom. The van der Waals surface area contributed by atoms with Crippen molar-refractivity contribution in [3.63, 3.8) is 0 Å². The molecule has 3 fully saturated rings. The van der Waals surface area contributed by atoms with Gasteiger partial charge < -0.3 is 9.80 Å². The number of likely N-dealkylation sites (tertiary alicyclic amines) is 1. The summed E-state index contributed by atoms with van der Waals surface area (Å²) in [7, 11) is 4.07. The third-order valence-corrected chi connectivity index (χ3v) is 10.3. The van der Waals surface area contributed by atoms with Crippen LogP contribution in [-0.4, -0.2) is 84.7 Å². The smallest absolute Gasteiger partial charge is 0.245 e. The highest BCUT2D eigenvalue weighted by Crippen LogP contribution is 2.60. The second kappa shape index (κ2) is 11.5. The van der Waals surface area contributed by atoms with Crippen molar-refractivity contribution < 1.29 is 14.4 Å². The van der Waals surface area contributed by atoms with E-state index in [1.165, 1.54) is 6.92 Å². The van der Waals surface area contributed by atoms with Gasteiger partial charge in [-0.25, -0.2) is 15.0 Å². The third kappa shape index (κ3) is 5.57. The SMILES string of the molecule is CC(=O)c1nn(CC(=O)N2[C@H](C(=O)Cc3nc(Br)ccc3C)C[C@@]3(CN(C)C)C[C@@H]23)c2c(C3CC3)cc(-c3cnc(C)nc3)cc12. The molecule has 1 aromatic carbocycles. The molecule has 4 heterocycles. The lowest BCUT2D eigenvalue weighted by Gasteiger charge is -2.27. The van der Waals surface area contributed by atoms with Crippen LogP contribution in [0, 0.1) is 19.3 Å². The molecule has 238 valence electrons. The number of aromatic nitrogens is 5. The summed E-state index contributed by atoms with van der Waals surface area (Å²) >= 11 is 3.43. The first-order chi connectivity index (χ1) is 21.9. The highest BCUT2D eigenvalue weighted by molar-refractivity contribution is 9.10. The van der Waals surface area contributed by atoms with Crippen molar-refractivity contribution in [1.29, 1.82) is 0 Å². The Hall–Kier alpha value is -3.83. The number of pyridine rings is 1. The second-order valence-corrected chi connectivity index (χ2v) is 14.5. The number of piperidine rings is 1. The fourth-order valence-corrected chi connectivity index (χ4v) is 7.82. The first-order valence-electron chi connectivity index (χ1n) is 15.9. The minimum atomic E-state index is -0.531. The molecule has 2 saturated carbocycles. The molecule has 1 amide bonds. The summed E-state index contributed by atoms with van der Waals surface area (Å²) in [6, 6.07) is 7.39. The summed E-state index contributed by atoms with van der Waals surface area (Å²) in [6.45, 7) is 6.09. The number of aryl methyl sites for hydroxylation is 2. The van der Waals surface area contributed by atoms with Crippen molar-refractivity contribution in [2.24, 2.45) is 5.41 Å². The normalized spacial score (nSPS) is 22.0. The van der Waals surface area contributed by atoms with Gasteiger partial charge >= 0.3 is 0 Å². The lowest BCUT2D eigenvalue weighted by molar-refractivity contribution is -0.139. The van der Waals surface area contributed by atoms with Gasteiger partial charge in [0.1, 0.15) is 22.7 Å². The first kappa shape index (κ1) is 30.8. The van der Waals surface area contributed by atoms with Gasteiger partial charge in [-0.15, -0.1) is 0 Å². The van der Waals surface area contributed by atoms with E-state index in [9.17, 15) is 14.4 Å². The maximum atomic E-state index is 14.4. The molecule has 0 N–H and O–H groups in total. The zero-order chi connectivity index (χ0) is 32.5. The number of carbonyl (C=O) groups excluding carboxylic acids is 3. The van der Waals surface area contributed by atoms with Crippen LogP contribution in [0.25, 0.3) is 22.0 Å². The maximum Gasteiger partial charge on any atom is 0.245 e. The zero-order valence-electron chi connectivity index (χ0n) is 26.9. The largest absolute Gasteiger partial charge is 0.327 e. The number of fused-ring (bicyclic) bond motifs is 2. The Morgan fingerprint density at radius 1 is 1.04 bits per heavy atom. The zero-order valence-corrected chi connectivity index (χ0v) is 28.5. The number of Topliss-reactive ketones (excluding diaryl/α,β-unsaturated/α-hetero) is 2. The average Bonchev–Trinajstić information content (AvgIpc) is 3.91. The van der Waals surface area contributed by atoms with Crippen molar-refractivity contribution in [2.45, 2.75) is 77.4 Å². The van der Waals surface area contributed by atoms with Crippen LogP contribution in [0.4, 0.5) is 0 Å². The van der Waals surface area contributed by atoms with Crippen molar-refractivity contribution >= 4 is 44.3 Å². The van der Waals surface area contributed by atoms with Crippen LogP contribution in [0.1, 0.15) is 71.7 Å². The van der Waals surface area contributed by atoms with Gasteiger partial charge in [0.2, 0.25) is 5.91 Å². The Bertz CT molecular complexity index is 1900. The van der Waals surface area contributed by atoms with Crippen molar-refractivity contribution in [3.8, 4) is 11.1 Å². The van der Waals surface area contributed by atoms with E-state index in [0.717, 1.165) is 64.7 Å². The van der Waals surface area contributed by atoms with Gasteiger partial charge in [0.15, 0.2) is 11.6 Å². The van der Waals surface area contributed by atoms with E-state index >= 15 is 0 Å². The highest BCUT2D eigenvalue weighted by atomic mass is 79.9. The van der Waals surface area contributed by atoms with Gasteiger partial charge in [-0.05, 0) is 110 Å². The van der Waals surface area contributed by atoms with Crippen LogP contribution in [0.3, 0.4) is 0 Å². The van der Waals surface area contributed by atoms with Crippen molar-refractivity contribution in [3.05, 3.63) is 69.6 Å². The summed E-state index contributed by atoms with van der Waals surface area (Å²) in [6.07, 6.45) is 7.36. The number of carbonyl (C=O) groups is 3. The van der Waals surface area contributed by atoms with E-state index < -0.39 is 6.04 Å². The number of rotatable bonds is 10. The molecule has 4 aromatic rings. The number of amides is 1. The van der Waals surface area contributed by atoms with Gasteiger partial charge in [0.05, 0.1) is 23.7 Å². The lowest BCUT2D eigenvalue weighted by Crippen LogP contribution is -2.45. The summed E-state index contributed by atoms with van der Waals surface area (Å²) in [5.41, 5.74) is 5.62. The number of nitrogens with zero attached hydrogens (tertiary/aromatic N) is 7. The molecule has 0 radical (unpaired) electrons. The lowest BCUT2D eigenvalue weighted by atomic mass is 9.94. The van der Waals surface area contributed by atoms with E-state index in [1.807, 2.05) is 51.0 Å². The Morgan fingerprint density at radius 2 is 1.78 bits per heavy atom. The van der Waals surface area contributed by atoms with Crippen molar-refractivity contribution in [2.75, 3.05) is 20.6 Å². The first-order valence-corrected chi connectivity index (χ1v) is 16.7. The molecule has 0 unspecified atom stereocenters. The van der Waals surface area contributed by atoms with Crippen molar-refractivity contribution in [1.82, 2.24) is 34.5 Å². The van der Waals surface area contributed by atoms with E-state index in [1.54, 1.807) is 17.1 Å². The van der Waals surface area contributed by atoms with Crippen LogP contribution in [0.15, 0.2) is 41.3 Å². The number of hydrogen-bond donors (Lipinski definition) is 0. The number of ketones is 2. The van der Waals surface area contributed by atoms with Gasteiger partial charge in [0, 0.05) is 48.3 Å². The summed E-state index contributed by atoms with van der Waals surface area (Å²) in [5, 5.41) is 5.50.